The van der Waals surface area contributed by atoms with E-state index < -0.39 is 11.6 Å². The smallest absolute Gasteiger partial charge is 0.261 e. The Morgan fingerprint density at radius 1 is 0.510 bits per heavy atom. The summed E-state index contributed by atoms with van der Waals surface area (Å²) in [7, 11) is 6.05. The van der Waals surface area contributed by atoms with Crippen LogP contribution in [0.15, 0.2) is 0 Å². The van der Waals surface area contributed by atoms with Gasteiger partial charge in [-0.2, -0.15) is 0 Å². The maximum atomic E-state index is 13.3. The molecule has 3 unspecified atom stereocenters. The number of likely N-dealkylation sites (N-methyl/N-ethyl adjacent to an activating group) is 3. The standard InChI is InChI=1S/C11H24N2.C10H20N2O.C10H22N2.C10H21N.C9H17F2N.C9H18FN.C8H17N.C7H17N.C7H14.2CH4/c1-10(2)12-6-8-13(9-7-12)11(3,4)5;1-10(2,3)8-9(13)12(5)7-6-11(8)4;1-5-11-6-8-12(9-7-11)10(2,3)4;1-9(2,3)6-11-7-10(4,5)8-11;1-8(2,3)6-12-5-4-9(10,11)7-12;1-8(2,3)11-6-5-9(4,10)7-11;1-8(2,3)7-5-4-6-9-7;1-6-8(5)7(2,3)4;1-7(2,3)6-4-5-6;;/h10H,6-9H2,1-5H3;8H,6-7H2,1-5H3;5-9H2,1-4H3;6-8H2,1-5H3;4-7H2,1-3H3;5-7H2,1-4H3;7,9H,4-6H2,1-3H3;6H2,1-5H3;6H,4-5H2,1-3H3;2*1H4. The lowest BCUT2D eigenvalue weighted by molar-refractivity contribution is -0.143. The molecule has 15 heteroatoms. The minimum Gasteiger partial charge on any atom is -0.343 e. The summed E-state index contributed by atoms with van der Waals surface area (Å²) in [4.78, 5) is 35.0. The third kappa shape index (κ3) is 44.0. The number of hydrogen-bond acceptors (Lipinski definition) is 11. The number of rotatable bonds is 5. The summed E-state index contributed by atoms with van der Waals surface area (Å²) < 4.78 is 38.8. The topological polar surface area (TPSA) is 61.5 Å². The first-order valence-corrected chi connectivity index (χ1v) is 38.5. The van der Waals surface area contributed by atoms with Crippen LogP contribution in [-0.4, -0.2) is 265 Å². The van der Waals surface area contributed by atoms with E-state index in [1.807, 2.05) is 23.9 Å². The zero-order chi connectivity index (χ0) is 75.5. The van der Waals surface area contributed by atoms with Crippen LogP contribution in [0.1, 0.15) is 289 Å². The lowest BCUT2D eigenvalue weighted by Crippen LogP contribution is -2.59. The molecule has 0 aromatic carbocycles. The molecule has 7 aliphatic heterocycles. The van der Waals surface area contributed by atoms with E-state index in [1.165, 1.54) is 111 Å². The van der Waals surface area contributed by atoms with Crippen molar-refractivity contribution in [2.24, 2.45) is 38.4 Å². The predicted octanol–water partition coefficient (Wildman–Crippen LogP) is 18.2. The van der Waals surface area contributed by atoms with Gasteiger partial charge < -0.3 is 24.9 Å². The van der Waals surface area contributed by atoms with Crippen LogP contribution in [0.5, 0.6) is 0 Å². The van der Waals surface area contributed by atoms with E-state index in [0.717, 1.165) is 44.7 Å². The molecule has 8 rings (SSSR count). The third-order valence-electron chi connectivity index (χ3n) is 20.3. The number of halogens is 3. The van der Waals surface area contributed by atoms with Crippen molar-refractivity contribution in [2.45, 2.75) is 341 Å². The molecule has 1 saturated carbocycles. The van der Waals surface area contributed by atoms with Crippen molar-refractivity contribution in [1.29, 1.82) is 0 Å². The molecular weight excluding hydrogens is 1220 g/mol. The molecule has 0 radical (unpaired) electrons. The Morgan fingerprint density at radius 2 is 0.949 bits per heavy atom. The molecule has 0 bridgehead atoms. The molecule has 98 heavy (non-hydrogen) atoms. The monoisotopic (exact) mass is 1400 g/mol. The molecule has 1 amide bonds. The maximum Gasteiger partial charge on any atom is 0.261 e. The molecule has 8 fully saturated rings. The number of carbonyl (C=O) groups is 1. The second-order valence-electron chi connectivity index (χ2n) is 41.2. The van der Waals surface area contributed by atoms with Crippen LogP contribution < -0.4 is 5.32 Å². The Hall–Kier alpha value is -1.14. The molecular formula is C83H178F3N11O. The fourth-order valence-corrected chi connectivity index (χ4v) is 13.5. The van der Waals surface area contributed by atoms with Gasteiger partial charge in [-0.25, -0.2) is 13.2 Å². The van der Waals surface area contributed by atoms with Gasteiger partial charge in [0, 0.05) is 159 Å². The van der Waals surface area contributed by atoms with Crippen molar-refractivity contribution in [2.75, 3.05) is 159 Å². The van der Waals surface area contributed by atoms with Crippen molar-refractivity contribution in [3.63, 3.8) is 0 Å². The lowest BCUT2D eigenvalue weighted by Gasteiger charge is -2.48. The minimum absolute atomic E-state index is 0. The van der Waals surface area contributed by atoms with Crippen LogP contribution in [-0.2, 0) is 4.79 Å². The lowest BCUT2D eigenvalue weighted by atomic mass is 9.82. The molecule has 1 aliphatic carbocycles. The van der Waals surface area contributed by atoms with Gasteiger partial charge in [0.25, 0.3) is 5.92 Å². The summed E-state index contributed by atoms with van der Waals surface area (Å²) in [6.07, 6.45) is 6.39. The number of amides is 1. The van der Waals surface area contributed by atoms with Crippen LogP contribution in [0.3, 0.4) is 0 Å². The predicted molar refractivity (Wildman–Crippen MR) is 430 cm³/mol. The highest BCUT2D eigenvalue weighted by Crippen LogP contribution is 2.44. The fraction of sp³-hybridized carbons (Fsp3) is 0.988. The maximum absolute atomic E-state index is 13.3. The molecule has 12 nitrogen and oxygen atoms in total. The van der Waals surface area contributed by atoms with Gasteiger partial charge in [0.1, 0.15) is 5.67 Å². The third-order valence-corrected chi connectivity index (χ3v) is 20.3. The van der Waals surface area contributed by atoms with Crippen molar-refractivity contribution >= 4 is 5.91 Å². The second kappa shape index (κ2) is 41.7. The number of hydrogen-bond donors (Lipinski definition) is 1. The fourth-order valence-electron chi connectivity index (χ4n) is 13.5. The van der Waals surface area contributed by atoms with E-state index in [0.29, 0.717) is 63.8 Å². The van der Waals surface area contributed by atoms with Crippen LogP contribution in [0.2, 0.25) is 0 Å². The Bertz CT molecular complexity index is 2070. The summed E-state index contributed by atoms with van der Waals surface area (Å²) in [5.41, 5.74) is 2.52. The van der Waals surface area contributed by atoms with Gasteiger partial charge in [-0.1, -0.05) is 146 Å². The molecule has 8 aliphatic rings. The van der Waals surface area contributed by atoms with Crippen LogP contribution in [0, 0.1) is 38.4 Å². The molecule has 0 spiro atoms. The van der Waals surface area contributed by atoms with Gasteiger partial charge in [0.2, 0.25) is 5.91 Å². The molecule has 3 atom stereocenters. The Balaban J connectivity index is -0.00000104. The molecule has 7 heterocycles. The number of nitrogens with one attached hydrogen (secondary N) is 1. The molecule has 7 saturated heterocycles. The van der Waals surface area contributed by atoms with E-state index in [9.17, 15) is 18.0 Å². The van der Waals surface area contributed by atoms with Crippen molar-refractivity contribution in [1.82, 2.24) is 54.3 Å². The zero-order valence-corrected chi connectivity index (χ0v) is 71.4. The Labute approximate surface area is 612 Å². The normalized spacial score (nSPS) is 24.4. The van der Waals surface area contributed by atoms with Crippen LogP contribution in [0.25, 0.3) is 0 Å². The number of likely N-dealkylation sites (tertiary alicyclic amines) is 3. The average molecular weight is 1400 g/mol. The highest BCUT2D eigenvalue weighted by atomic mass is 19.3. The second-order valence-corrected chi connectivity index (χ2v) is 41.2. The Kier molecular flexibility index (Phi) is 43.0. The first-order valence-electron chi connectivity index (χ1n) is 38.5. The van der Waals surface area contributed by atoms with Gasteiger partial charge in [-0.15, -0.1) is 0 Å². The summed E-state index contributed by atoms with van der Waals surface area (Å²) in [6.45, 7) is 97.4. The Morgan fingerprint density at radius 3 is 1.18 bits per heavy atom. The van der Waals surface area contributed by atoms with Gasteiger partial charge in [-0.3, -0.25) is 34.2 Å². The van der Waals surface area contributed by atoms with E-state index in [1.54, 1.807) is 6.92 Å². The van der Waals surface area contributed by atoms with Gasteiger partial charge in [0.05, 0.1) is 12.6 Å². The first kappa shape index (κ1) is 101. The van der Waals surface area contributed by atoms with Crippen molar-refractivity contribution in [3.8, 4) is 0 Å². The highest BCUT2D eigenvalue weighted by Gasteiger charge is 2.42. The van der Waals surface area contributed by atoms with Crippen LogP contribution in [0.4, 0.5) is 13.2 Å². The zero-order valence-electron chi connectivity index (χ0n) is 71.4. The first-order chi connectivity index (χ1) is 42.9. The quantitative estimate of drug-likeness (QED) is 0.286. The number of piperazine rings is 3. The number of carbonyl (C=O) groups excluding carboxylic acids is 1. The highest BCUT2D eigenvalue weighted by molar-refractivity contribution is 5.83. The average Bonchev–Trinajstić information content (AvgIpc) is 1.19. The summed E-state index contributed by atoms with van der Waals surface area (Å²) in [5.74, 6) is -1.14. The summed E-state index contributed by atoms with van der Waals surface area (Å²) in [5, 5.41) is 3.50. The SMILES string of the molecule is C.C.CC(C)(C)C1CC1.CC(C)(C)C1CCCN1.CC(C)(C)CN1CC(C)(C)C1.CC(C)(C)CN1CCC(F)(F)C1.CC(C)N1CCN(C(C)(C)C)CC1.CC1(F)CCN(C(C)(C)C)C1.CCN(C)C(C)(C)C.CCN1CCN(C(C)(C)C)CC1.CN1CCN(C)C(C(C)(C)C)C1=O. The van der Waals surface area contributed by atoms with Gasteiger partial charge in [-0.05, 0) is 208 Å². The minimum atomic E-state index is -2.44. The number of nitrogens with zero attached hydrogens (tertiary/aromatic N) is 10. The molecule has 592 valence electrons. The molecule has 0 aromatic heterocycles. The van der Waals surface area contributed by atoms with Gasteiger partial charge in [0.15, 0.2) is 0 Å². The van der Waals surface area contributed by atoms with Gasteiger partial charge >= 0.3 is 0 Å². The molecule has 0 aromatic rings. The van der Waals surface area contributed by atoms with Crippen LogP contribution >= 0.6 is 0 Å². The van der Waals surface area contributed by atoms with E-state index in [4.69, 9.17) is 0 Å². The molecule has 1 N–H and O–H groups in total. The largest absolute Gasteiger partial charge is 0.343 e. The number of alkyl halides is 3. The summed E-state index contributed by atoms with van der Waals surface area (Å²) >= 11 is 0. The van der Waals surface area contributed by atoms with E-state index in [2.05, 4.69) is 280 Å². The van der Waals surface area contributed by atoms with E-state index >= 15 is 0 Å². The van der Waals surface area contributed by atoms with E-state index in [-0.39, 0.29) is 56.1 Å². The summed E-state index contributed by atoms with van der Waals surface area (Å²) in [6, 6.07) is 1.51. The van der Waals surface area contributed by atoms with Crippen molar-refractivity contribution < 1.29 is 18.0 Å². The van der Waals surface area contributed by atoms with Crippen molar-refractivity contribution in [3.05, 3.63) is 0 Å².